The van der Waals surface area contributed by atoms with Gasteiger partial charge in [-0.3, -0.25) is 0 Å². The molecule has 2 heterocycles. The largest absolute Gasteiger partial charge is 0.308 e. The van der Waals surface area contributed by atoms with Gasteiger partial charge in [-0.15, -0.1) is 0 Å². The van der Waals surface area contributed by atoms with Gasteiger partial charge < -0.3 is 10.2 Å². The van der Waals surface area contributed by atoms with Crippen LogP contribution in [0, 0.1) is 5.41 Å². The van der Waals surface area contributed by atoms with Crippen LogP contribution < -0.4 is 5.32 Å². The fourth-order valence-electron chi connectivity index (χ4n) is 4.13. The van der Waals surface area contributed by atoms with Crippen molar-refractivity contribution < 1.29 is 0 Å². The number of rotatable bonds is 4. The van der Waals surface area contributed by atoms with Crippen LogP contribution in [0.4, 0.5) is 0 Å². The molecule has 0 aliphatic carbocycles. The summed E-state index contributed by atoms with van der Waals surface area (Å²) in [5, 5.41) is 3.73. The molecule has 1 aromatic carbocycles. The Labute approximate surface area is 129 Å². The third kappa shape index (κ3) is 3.32. The molecule has 0 aromatic heterocycles. The molecule has 1 N–H and O–H groups in total. The van der Waals surface area contributed by atoms with Gasteiger partial charge >= 0.3 is 0 Å². The van der Waals surface area contributed by atoms with Gasteiger partial charge in [0, 0.05) is 19.1 Å². The van der Waals surface area contributed by atoms with Gasteiger partial charge in [-0.2, -0.15) is 0 Å². The Kier molecular flexibility index (Phi) is 4.66. The topological polar surface area (TPSA) is 15.3 Å². The number of likely N-dealkylation sites (tertiary alicyclic amines) is 1. The molecular weight excluding hydrogens is 256 g/mol. The first-order valence-electron chi connectivity index (χ1n) is 8.77. The van der Waals surface area contributed by atoms with Crippen LogP contribution in [0.5, 0.6) is 0 Å². The molecule has 2 aliphatic rings. The van der Waals surface area contributed by atoms with Crippen molar-refractivity contribution in [1.82, 2.24) is 10.2 Å². The van der Waals surface area contributed by atoms with Gasteiger partial charge in [0.25, 0.3) is 0 Å². The summed E-state index contributed by atoms with van der Waals surface area (Å²) in [6, 6.07) is 9.53. The molecule has 2 heteroatoms. The number of nitrogens with one attached hydrogen (secondary N) is 1. The molecule has 1 atom stereocenters. The van der Waals surface area contributed by atoms with Crippen molar-refractivity contribution in [1.29, 1.82) is 0 Å². The van der Waals surface area contributed by atoms with Crippen LogP contribution in [0.1, 0.15) is 50.7 Å². The Morgan fingerprint density at radius 1 is 1.10 bits per heavy atom. The van der Waals surface area contributed by atoms with Crippen molar-refractivity contribution in [2.75, 3.05) is 19.6 Å². The first-order chi connectivity index (χ1) is 10.2. The van der Waals surface area contributed by atoms with Gasteiger partial charge in [0.2, 0.25) is 0 Å². The lowest BCUT2D eigenvalue weighted by Gasteiger charge is -2.42. The van der Waals surface area contributed by atoms with Crippen molar-refractivity contribution >= 4 is 0 Å². The quantitative estimate of drug-likeness (QED) is 0.909. The van der Waals surface area contributed by atoms with Gasteiger partial charge in [0.15, 0.2) is 0 Å². The van der Waals surface area contributed by atoms with Crippen molar-refractivity contribution in [3.63, 3.8) is 0 Å². The summed E-state index contributed by atoms with van der Waals surface area (Å²) in [4.78, 5) is 2.69. The SMILES string of the molecule is CCC1(CC)CCN(CC2Cc3ccccc3CN2)CC1. The molecule has 116 valence electrons. The highest BCUT2D eigenvalue weighted by Crippen LogP contribution is 2.37. The zero-order valence-electron chi connectivity index (χ0n) is 13.7. The van der Waals surface area contributed by atoms with E-state index in [1.165, 1.54) is 57.3 Å². The molecule has 1 unspecified atom stereocenters. The highest BCUT2D eigenvalue weighted by molar-refractivity contribution is 5.29. The van der Waals surface area contributed by atoms with Crippen LogP contribution in [-0.4, -0.2) is 30.6 Å². The van der Waals surface area contributed by atoms with E-state index in [4.69, 9.17) is 0 Å². The summed E-state index contributed by atoms with van der Waals surface area (Å²) in [5.41, 5.74) is 3.68. The van der Waals surface area contributed by atoms with Crippen molar-refractivity contribution in [2.24, 2.45) is 5.41 Å². The zero-order chi connectivity index (χ0) is 14.7. The number of fused-ring (bicyclic) bond motifs is 1. The fourth-order valence-corrected chi connectivity index (χ4v) is 4.13. The Morgan fingerprint density at radius 2 is 1.76 bits per heavy atom. The van der Waals surface area contributed by atoms with Gasteiger partial charge in [0.1, 0.15) is 0 Å². The lowest BCUT2D eigenvalue weighted by Crippen LogP contribution is -2.48. The van der Waals surface area contributed by atoms with Crippen molar-refractivity contribution in [2.45, 2.75) is 58.5 Å². The molecule has 2 aliphatic heterocycles. The van der Waals surface area contributed by atoms with Crippen LogP contribution in [0.2, 0.25) is 0 Å². The first kappa shape index (κ1) is 15.1. The minimum Gasteiger partial charge on any atom is -0.308 e. The van der Waals surface area contributed by atoms with Crippen LogP contribution in [0.15, 0.2) is 24.3 Å². The lowest BCUT2D eigenvalue weighted by atomic mass is 9.74. The van der Waals surface area contributed by atoms with Crippen LogP contribution in [0.3, 0.4) is 0 Å². The normalized spacial score (nSPS) is 25.5. The summed E-state index contributed by atoms with van der Waals surface area (Å²) < 4.78 is 0. The second kappa shape index (κ2) is 6.50. The summed E-state index contributed by atoms with van der Waals surface area (Å²) in [7, 11) is 0. The van der Waals surface area contributed by atoms with E-state index >= 15 is 0 Å². The Morgan fingerprint density at radius 3 is 2.43 bits per heavy atom. The smallest absolute Gasteiger partial charge is 0.0238 e. The van der Waals surface area contributed by atoms with Crippen molar-refractivity contribution in [3.8, 4) is 0 Å². The number of nitrogens with zero attached hydrogens (tertiary/aromatic N) is 1. The minimum absolute atomic E-state index is 0.635. The Hall–Kier alpha value is -0.860. The van der Waals surface area contributed by atoms with E-state index in [9.17, 15) is 0 Å². The summed E-state index contributed by atoms with van der Waals surface area (Å²) in [6.45, 7) is 9.60. The highest BCUT2D eigenvalue weighted by atomic mass is 15.2. The molecular formula is C19H30N2. The predicted octanol–water partition coefficient (Wildman–Crippen LogP) is 3.60. The molecule has 0 bridgehead atoms. The molecule has 1 fully saturated rings. The van der Waals surface area contributed by atoms with E-state index in [0.717, 1.165) is 6.54 Å². The van der Waals surface area contributed by atoms with E-state index in [2.05, 4.69) is 48.3 Å². The monoisotopic (exact) mass is 286 g/mol. The number of piperidine rings is 1. The zero-order valence-corrected chi connectivity index (χ0v) is 13.7. The van der Waals surface area contributed by atoms with E-state index < -0.39 is 0 Å². The van der Waals surface area contributed by atoms with Gasteiger partial charge in [-0.25, -0.2) is 0 Å². The van der Waals surface area contributed by atoms with E-state index in [-0.39, 0.29) is 0 Å². The van der Waals surface area contributed by atoms with E-state index in [1.54, 1.807) is 5.56 Å². The van der Waals surface area contributed by atoms with Gasteiger partial charge in [-0.05, 0) is 48.9 Å². The molecule has 0 saturated carbocycles. The molecule has 0 radical (unpaired) electrons. The maximum Gasteiger partial charge on any atom is 0.0238 e. The molecule has 2 nitrogen and oxygen atoms in total. The maximum absolute atomic E-state index is 3.73. The van der Waals surface area contributed by atoms with Gasteiger partial charge in [-0.1, -0.05) is 51.0 Å². The van der Waals surface area contributed by atoms with Crippen LogP contribution >= 0.6 is 0 Å². The van der Waals surface area contributed by atoms with Crippen molar-refractivity contribution in [3.05, 3.63) is 35.4 Å². The third-order valence-electron chi connectivity index (χ3n) is 6.06. The predicted molar refractivity (Wildman–Crippen MR) is 89.5 cm³/mol. The molecule has 3 rings (SSSR count). The fraction of sp³-hybridized carbons (Fsp3) is 0.684. The molecule has 21 heavy (non-hydrogen) atoms. The summed E-state index contributed by atoms with van der Waals surface area (Å²) in [6.07, 6.45) is 6.69. The standard InChI is InChI=1S/C19H30N2/c1-3-19(4-2)9-11-21(12-10-19)15-18-13-16-7-5-6-8-17(16)14-20-18/h5-8,18,20H,3-4,9-15H2,1-2H3. The molecule has 1 saturated heterocycles. The number of hydrogen-bond acceptors (Lipinski definition) is 2. The second-order valence-corrected chi connectivity index (χ2v) is 7.06. The number of hydrogen-bond donors (Lipinski definition) is 1. The molecule has 0 amide bonds. The highest BCUT2D eigenvalue weighted by Gasteiger charge is 2.32. The van der Waals surface area contributed by atoms with Crippen LogP contribution in [-0.2, 0) is 13.0 Å². The van der Waals surface area contributed by atoms with E-state index in [1.807, 2.05) is 0 Å². The maximum atomic E-state index is 3.73. The first-order valence-corrected chi connectivity index (χ1v) is 8.77. The Bertz CT molecular complexity index is 454. The van der Waals surface area contributed by atoms with E-state index in [0.29, 0.717) is 11.5 Å². The third-order valence-corrected chi connectivity index (χ3v) is 6.06. The van der Waals surface area contributed by atoms with Gasteiger partial charge in [0.05, 0.1) is 0 Å². The second-order valence-electron chi connectivity index (χ2n) is 7.06. The summed E-state index contributed by atoms with van der Waals surface area (Å²) in [5.74, 6) is 0. The number of benzene rings is 1. The molecule has 0 spiro atoms. The average Bonchev–Trinajstić information content (AvgIpc) is 2.56. The lowest BCUT2D eigenvalue weighted by molar-refractivity contribution is 0.0876. The average molecular weight is 286 g/mol. The van der Waals surface area contributed by atoms with Crippen LogP contribution in [0.25, 0.3) is 0 Å². The minimum atomic E-state index is 0.635. The Balaban J connectivity index is 1.53. The molecule has 1 aromatic rings. The summed E-state index contributed by atoms with van der Waals surface area (Å²) >= 11 is 0.